The molecule has 0 radical (unpaired) electrons. The van der Waals surface area contributed by atoms with Crippen LogP contribution in [0.5, 0.6) is 11.5 Å². The van der Waals surface area contributed by atoms with Crippen molar-refractivity contribution >= 4 is 62.5 Å². The van der Waals surface area contributed by atoms with Gasteiger partial charge in [-0.1, -0.05) is 41.0 Å². The first-order valence-electron chi connectivity index (χ1n) is 10.5. The van der Waals surface area contributed by atoms with E-state index in [-0.39, 0.29) is 27.3 Å². The van der Waals surface area contributed by atoms with E-state index >= 15 is 0 Å². The van der Waals surface area contributed by atoms with Crippen LogP contribution in [0.1, 0.15) is 16.7 Å². The number of aliphatic hydroxyl groups excluding tert-OH is 1. The number of carbonyl (C=O) groups is 1. The summed E-state index contributed by atoms with van der Waals surface area (Å²) in [7, 11) is -0.804. The van der Waals surface area contributed by atoms with Crippen LogP contribution in [0.3, 0.4) is 0 Å². The van der Waals surface area contributed by atoms with Gasteiger partial charge in [0.15, 0.2) is 9.84 Å². The van der Waals surface area contributed by atoms with Crippen molar-refractivity contribution in [3.63, 3.8) is 0 Å². The van der Waals surface area contributed by atoms with Crippen LogP contribution in [0.2, 0.25) is 10.0 Å². The molecule has 36 heavy (non-hydrogen) atoms. The average Bonchev–Trinajstić information content (AvgIpc) is 2.86. The fourth-order valence-corrected chi connectivity index (χ4v) is 6.68. The second kappa shape index (κ2) is 10.7. The average molecular weight is 566 g/mol. The quantitative estimate of drug-likeness (QED) is 0.361. The van der Waals surface area contributed by atoms with Crippen molar-refractivity contribution in [2.75, 3.05) is 19.5 Å². The fourth-order valence-electron chi connectivity index (χ4n) is 3.65. The first kappa shape index (κ1) is 26.4. The summed E-state index contributed by atoms with van der Waals surface area (Å²) in [6, 6.07) is 12.7. The molecule has 11 heteroatoms. The van der Waals surface area contributed by atoms with Crippen LogP contribution >= 0.6 is 35.0 Å². The van der Waals surface area contributed by atoms with Crippen LogP contribution in [-0.4, -0.2) is 33.7 Å². The van der Waals surface area contributed by atoms with Crippen LogP contribution in [0, 0.1) is 0 Å². The molecule has 0 bridgehead atoms. The molecule has 1 amide bonds. The number of ether oxygens (including phenoxy) is 2. The zero-order valence-corrected chi connectivity index (χ0v) is 22.3. The number of rotatable bonds is 7. The Kier molecular flexibility index (Phi) is 7.87. The van der Waals surface area contributed by atoms with E-state index in [0.29, 0.717) is 43.7 Å². The topological polar surface area (TPSA) is 102 Å². The van der Waals surface area contributed by atoms with Gasteiger partial charge in [-0.05, 0) is 48.0 Å². The molecular formula is C25H21Cl2NO6S2. The minimum absolute atomic E-state index is 0.0324. The van der Waals surface area contributed by atoms with E-state index in [4.69, 9.17) is 32.7 Å². The number of hydrogen-bond donors (Lipinski definition) is 2. The summed E-state index contributed by atoms with van der Waals surface area (Å²) < 4.78 is 36.8. The summed E-state index contributed by atoms with van der Waals surface area (Å²) >= 11 is 13.5. The molecule has 1 aliphatic heterocycles. The van der Waals surface area contributed by atoms with Gasteiger partial charge in [-0.15, -0.1) is 0 Å². The maximum atomic E-state index is 13.1. The summed E-state index contributed by atoms with van der Waals surface area (Å²) in [5, 5.41) is 13.1. The number of benzene rings is 3. The second-order valence-electron chi connectivity index (χ2n) is 7.74. The number of aliphatic hydroxyl groups is 1. The molecule has 2 N–H and O–H groups in total. The molecular weight excluding hydrogens is 545 g/mol. The van der Waals surface area contributed by atoms with Crippen molar-refractivity contribution in [2.24, 2.45) is 0 Å². The van der Waals surface area contributed by atoms with Crippen LogP contribution in [0.15, 0.2) is 63.2 Å². The summed E-state index contributed by atoms with van der Waals surface area (Å²) in [4.78, 5) is 14.0. The van der Waals surface area contributed by atoms with Crippen molar-refractivity contribution in [2.45, 2.75) is 22.2 Å². The molecule has 0 saturated carbocycles. The van der Waals surface area contributed by atoms with Crippen LogP contribution in [0.4, 0.5) is 5.69 Å². The number of nitrogens with one attached hydrogen (secondary N) is 1. The highest BCUT2D eigenvalue weighted by Gasteiger charge is 2.26. The Morgan fingerprint density at radius 1 is 1.06 bits per heavy atom. The van der Waals surface area contributed by atoms with E-state index in [1.54, 1.807) is 42.5 Å². The predicted molar refractivity (Wildman–Crippen MR) is 142 cm³/mol. The lowest BCUT2D eigenvalue weighted by Crippen LogP contribution is -2.18. The first-order valence-corrected chi connectivity index (χ1v) is 13.8. The van der Waals surface area contributed by atoms with E-state index < -0.39 is 15.7 Å². The third kappa shape index (κ3) is 5.35. The van der Waals surface area contributed by atoms with Crippen LogP contribution < -0.4 is 14.8 Å². The van der Waals surface area contributed by atoms with Crippen molar-refractivity contribution in [3.05, 3.63) is 80.2 Å². The van der Waals surface area contributed by atoms with Crippen molar-refractivity contribution < 1.29 is 27.8 Å². The lowest BCUT2D eigenvalue weighted by Gasteiger charge is -2.20. The predicted octanol–water partition coefficient (Wildman–Crippen LogP) is 5.56. The van der Waals surface area contributed by atoms with E-state index in [9.17, 15) is 18.3 Å². The zero-order valence-electron chi connectivity index (χ0n) is 19.2. The van der Waals surface area contributed by atoms with Gasteiger partial charge in [0, 0.05) is 32.1 Å². The van der Waals surface area contributed by atoms with Gasteiger partial charge in [0.05, 0.1) is 42.1 Å². The Morgan fingerprint density at radius 2 is 1.78 bits per heavy atom. The van der Waals surface area contributed by atoms with Crippen LogP contribution in [-0.2, 0) is 27.0 Å². The summed E-state index contributed by atoms with van der Waals surface area (Å²) in [6.45, 7) is -0.286. The number of carbonyl (C=O) groups excluding carboxylic acids is 1. The smallest absolute Gasteiger partial charge is 0.262 e. The fraction of sp³-hybridized carbons (Fsp3) is 0.160. The minimum Gasteiger partial charge on any atom is -0.497 e. The Balaban J connectivity index is 1.66. The summed E-state index contributed by atoms with van der Waals surface area (Å²) in [6.07, 6.45) is 1.62. The second-order valence-corrected chi connectivity index (χ2v) is 11.6. The maximum absolute atomic E-state index is 13.1. The zero-order chi connectivity index (χ0) is 26.0. The largest absolute Gasteiger partial charge is 0.497 e. The number of hydrogen-bond acceptors (Lipinski definition) is 7. The van der Waals surface area contributed by atoms with E-state index in [1.807, 2.05) is 0 Å². The van der Waals surface area contributed by atoms with Crippen molar-refractivity contribution in [3.8, 4) is 11.5 Å². The van der Waals surface area contributed by atoms with E-state index in [2.05, 4.69) is 5.32 Å². The van der Waals surface area contributed by atoms with Crippen LogP contribution in [0.25, 0.3) is 6.08 Å². The Bertz CT molecular complexity index is 1440. The molecule has 1 heterocycles. The van der Waals surface area contributed by atoms with Gasteiger partial charge in [-0.2, -0.15) is 0 Å². The molecule has 3 aromatic rings. The Labute approximate surface area is 222 Å². The molecule has 0 unspecified atom stereocenters. The molecule has 1 aliphatic rings. The third-order valence-electron chi connectivity index (χ3n) is 5.50. The van der Waals surface area contributed by atoms with E-state index in [0.717, 1.165) is 0 Å². The summed E-state index contributed by atoms with van der Waals surface area (Å²) in [5.74, 6) is 0.149. The normalized spacial score (nSPS) is 14.4. The number of methoxy groups -OCH3 is 2. The molecule has 4 rings (SSSR count). The minimum atomic E-state index is -3.80. The van der Waals surface area contributed by atoms with E-state index in [1.165, 1.54) is 38.1 Å². The highest BCUT2D eigenvalue weighted by atomic mass is 35.5. The molecule has 0 spiro atoms. The molecule has 0 fully saturated rings. The lowest BCUT2D eigenvalue weighted by atomic mass is 10.1. The lowest BCUT2D eigenvalue weighted by molar-refractivity contribution is -0.112. The van der Waals surface area contributed by atoms with Crippen molar-refractivity contribution in [1.82, 2.24) is 0 Å². The number of thioether (sulfide) groups is 1. The molecule has 7 nitrogen and oxygen atoms in total. The standard InChI is InChI=1S/C25H21Cl2NO6S2/c1-33-15-8-14(12-29)17(22(9-15)34-2)11-24-25(30)28-21-10-16(6-7-23(21)35-24)36(31,32)13-18-19(26)4-3-5-20(18)27/h3-11,29H,12-13H2,1-2H3,(H,28,30)/b24-11-. The maximum Gasteiger partial charge on any atom is 0.262 e. The SMILES string of the molecule is COc1cc(CO)c(/C=C2\Sc3ccc(S(=O)(=O)Cc4c(Cl)cccc4Cl)cc3NC2=O)c(OC)c1. The summed E-state index contributed by atoms with van der Waals surface area (Å²) in [5.41, 5.74) is 1.75. The first-order chi connectivity index (χ1) is 17.2. The highest BCUT2D eigenvalue weighted by Crippen LogP contribution is 2.42. The number of amides is 1. The number of sulfone groups is 1. The van der Waals surface area contributed by atoms with Gasteiger partial charge < -0.3 is 19.9 Å². The number of halogens is 2. The molecule has 0 aromatic heterocycles. The Morgan fingerprint density at radius 3 is 2.42 bits per heavy atom. The molecule has 0 saturated heterocycles. The van der Waals surface area contributed by atoms with Gasteiger partial charge in [-0.25, -0.2) is 8.42 Å². The van der Waals surface area contributed by atoms with Gasteiger partial charge in [0.25, 0.3) is 5.91 Å². The van der Waals surface area contributed by atoms with Gasteiger partial charge in [0.2, 0.25) is 0 Å². The number of fused-ring (bicyclic) bond motifs is 1. The van der Waals surface area contributed by atoms with Gasteiger partial charge in [-0.3, -0.25) is 4.79 Å². The van der Waals surface area contributed by atoms with Gasteiger partial charge >= 0.3 is 0 Å². The molecule has 0 aliphatic carbocycles. The molecule has 0 atom stereocenters. The highest BCUT2D eigenvalue weighted by molar-refractivity contribution is 8.04. The molecule has 3 aromatic carbocycles. The van der Waals surface area contributed by atoms with Gasteiger partial charge in [0.1, 0.15) is 11.5 Å². The monoisotopic (exact) mass is 565 g/mol. The Hall–Kier alpha value is -2.69. The number of anilines is 1. The molecule has 188 valence electrons. The third-order valence-corrected chi connectivity index (χ3v) is 8.95. The van der Waals surface area contributed by atoms with Crippen molar-refractivity contribution in [1.29, 1.82) is 0 Å².